The summed E-state index contributed by atoms with van der Waals surface area (Å²) < 4.78 is 1.95. The van der Waals surface area contributed by atoms with Gasteiger partial charge in [0.05, 0.1) is 5.69 Å². The first kappa shape index (κ1) is 21.8. The molecule has 0 spiro atoms. The number of ketones is 1. The number of carbonyl (C=O) groups excluding carboxylic acids is 1. The summed E-state index contributed by atoms with van der Waals surface area (Å²) in [7, 11) is 0. The van der Waals surface area contributed by atoms with Crippen molar-refractivity contribution in [1.82, 2.24) is 9.47 Å². The Kier molecular flexibility index (Phi) is 6.66. The van der Waals surface area contributed by atoms with Crippen molar-refractivity contribution in [3.63, 3.8) is 0 Å². The molecule has 3 aromatic rings. The van der Waals surface area contributed by atoms with E-state index in [9.17, 15) is 14.7 Å². The first-order chi connectivity index (χ1) is 15.5. The smallest absolute Gasteiger partial charge is 0.320 e. The molecule has 32 heavy (non-hydrogen) atoms. The predicted octanol–water partition coefficient (Wildman–Crippen LogP) is 4.79. The summed E-state index contributed by atoms with van der Waals surface area (Å²) in [4.78, 5) is 26.3. The third kappa shape index (κ3) is 5.06. The number of carboxylic acid groups (broad SMARTS) is 1. The van der Waals surface area contributed by atoms with Gasteiger partial charge in [0.25, 0.3) is 0 Å². The molecule has 0 radical (unpaired) electrons. The van der Waals surface area contributed by atoms with Crippen LogP contribution >= 0.6 is 0 Å². The van der Waals surface area contributed by atoms with Gasteiger partial charge in [-0.2, -0.15) is 0 Å². The lowest BCUT2D eigenvalue weighted by Crippen LogP contribution is -2.35. The Balaban J connectivity index is 1.41. The molecular weight excluding hydrogens is 400 g/mol. The molecule has 5 nitrogen and oxygen atoms in total. The van der Waals surface area contributed by atoms with Crippen LogP contribution in [0.3, 0.4) is 0 Å². The first-order valence-electron chi connectivity index (χ1n) is 11.0. The molecular formula is C27H28N2O3. The third-order valence-corrected chi connectivity index (χ3v) is 5.97. The largest absolute Gasteiger partial charge is 0.480 e. The van der Waals surface area contributed by atoms with E-state index in [4.69, 9.17) is 0 Å². The maximum absolute atomic E-state index is 12.9. The quantitative estimate of drug-likeness (QED) is 0.524. The second-order valence-electron chi connectivity index (χ2n) is 8.36. The molecule has 1 aliphatic heterocycles. The van der Waals surface area contributed by atoms with Crippen molar-refractivity contribution < 1.29 is 14.7 Å². The maximum atomic E-state index is 12.9. The number of aliphatic carboxylic acids is 1. The molecule has 1 unspecified atom stereocenters. The van der Waals surface area contributed by atoms with Gasteiger partial charge in [-0.1, -0.05) is 66.2 Å². The Bertz CT molecular complexity index is 1130. The highest BCUT2D eigenvalue weighted by Crippen LogP contribution is 2.21. The SMILES string of the molecule is Cc1ccc(C(=O)c2cccn2C/C=C/c2cccc(CN3CCCC3C(=O)O)c2)cc1. The fourth-order valence-electron chi connectivity index (χ4n) is 4.26. The Labute approximate surface area is 188 Å². The lowest BCUT2D eigenvalue weighted by atomic mass is 10.1. The van der Waals surface area contributed by atoms with Gasteiger partial charge in [0, 0.05) is 24.8 Å². The van der Waals surface area contributed by atoms with Crippen LogP contribution in [0.5, 0.6) is 0 Å². The molecule has 2 aromatic carbocycles. The van der Waals surface area contributed by atoms with Crippen LogP contribution in [0.15, 0.2) is 72.9 Å². The van der Waals surface area contributed by atoms with E-state index in [0.717, 1.165) is 36.1 Å². The van der Waals surface area contributed by atoms with Crippen molar-refractivity contribution in [2.75, 3.05) is 6.54 Å². The van der Waals surface area contributed by atoms with Crippen molar-refractivity contribution in [1.29, 1.82) is 0 Å². The summed E-state index contributed by atoms with van der Waals surface area (Å²) in [6, 6.07) is 19.2. The topological polar surface area (TPSA) is 62.5 Å². The molecule has 0 amide bonds. The minimum absolute atomic E-state index is 0.0176. The van der Waals surface area contributed by atoms with Gasteiger partial charge >= 0.3 is 5.97 Å². The van der Waals surface area contributed by atoms with Crippen LogP contribution in [0, 0.1) is 6.92 Å². The molecule has 5 heteroatoms. The van der Waals surface area contributed by atoms with Gasteiger partial charge in [0.15, 0.2) is 0 Å². The average molecular weight is 429 g/mol. The summed E-state index contributed by atoms with van der Waals surface area (Å²) in [6.45, 7) is 4.07. The molecule has 164 valence electrons. The summed E-state index contributed by atoms with van der Waals surface area (Å²) in [5.74, 6) is -0.717. The molecule has 2 heterocycles. The number of rotatable bonds is 8. The highest BCUT2D eigenvalue weighted by atomic mass is 16.4. The van der Waals surface area contributed by atoms with Crippen molar-refractivity contribution in [3.05, 3.63) is 101 Å². The van der Waals surface area contributed by atoms with Crippen LogP contribution in [-0.4, -0.2) is 38.9 Å². The number of nitrogens with zero attached hydrogens (tertiary/aromatic N) is 2. The number of carbonyl (C=O) groups is 2. The zero-order chi connectivity index (χ0) is 22.5. The van der Waals surface area contributed by atoms with E-state index >= 15 is 0 Å². The van der Waals surface area contributed by atoms with Crippen molar-refractivity contribution in [3.8, 4) is 0 Å². The van der Waals surface area contributed by atoms with Crippen LogP contribution in [0.2, 0.25) is 0 Å². The summed E-state index contributed by atoms with van der Waals surface area (Å²) in [5.41, 5.74) is 4.66. The van der Waals surface area contributed by atoms with E-state index in [2.05, 4.69) is 6.07 Å². The molecule has 1 N–H and O–H groups in total. The number of hydrogen-bond acceptors (Lipinski definition) is 3. The fourth-order valence-corrected chi connectivity index (χ4v) is 4.26. The number of likely N-dealkylation sites (tertiary alicyclic amines) is 1. The molecule has 1 atom stereocenters. The zero-order valence-electron chi connectivity index (χ0n) is 18.3. The van der Waals surface area contributed by atoms with Crippen molar-refractivity contribution >= 4 is 17.8 Å². The van der Waals surface area contributed by atoms with Gasteiger partial charge in [-0.25, -0.2) is 0 Å². The highest BCUT2D eigenvalue weighted by molar-refractivity contribution is 6.08. The fraction of sp³-hybridized carbons (Fsp3) is 0.259. The van der Waals surface area contributed by atoms with Crippen LogP contribution in [0.4, 0.5) is 0 Å². The lowest BCUT2D eigenvalue weighted by Gasteiger charge is -2.21. The first-order valence-corrected chi connectivity index (χ1v) is 11.0. The molecule has 4 rings (SSSR count). The van der Waals surface area contributed by atoms with E-state index in [1.807, 2.05) is 89.3 Å². The van der Waals surface area contributed by atoms with Crippen LogP contribution in [0.1, 0.15) is 45.6 Å². The van der Waals surface area contributed by atoms with Gasteiger partial charge < -0.3 is 9.67 Å². The highest BCUT2D eigenvalue weighted by Gasteiger charge is 2.30. The molecule has 1 saturated heterocycles. The molecule has 1 aliphatic rings. The van der Waals surface area contributed by atoms with Gasteiger partial charge in [-0.05, 0) is 49.6 Å². The van der Waals surface area contributed by atoms with E-state index in [1.165, 1.54) is 0 Å². The molecule has 0 saturated carbocycles. The number of carboxylic acids is 1. The predicted molar refractivity (Wildman–Crippen MR) is 126 cm³/mol. The Hall–Kier alpha value is -3.44. The number of aromatic nitrogens is 1. The van der Waals surface area contributed by atoms with Crippen LogP contribution in [0.25, 0.3) is 6.08 Å². The Morgan fingerprint density at radius 3 is 2.69 bits per heavy atom. The minimum Gasteiger partial charge on any atom is -0.480 e. The summed E-state index contributed by atoms with van der Waals surface area (Å²) in [5, 5.41) is 9.39. The number of hydrogen-bond donors (Lipinski definition) is 1. The minimum atomic E-state index is -0.735. The summed E-state index contributed by atoms with van der Waals surface area (Å²) in [6.07, 6.45) is 7.65. The zero-order valence-corrected chi connectivity index (χ0v) is 18.3. The Morgan fingerprint density at radius 2 is 1.91 bits per heavy atom. The number of benzene rings is 2. The van der Waals surface area contributed by atoms with Gasteiger partial charge in [0.2, 0.25) is 5.78 Å². The number of aryl methyl sites for hydroxylation is 1. The average Bonchev–Trinajstić information content (AvgIpc) is 3.44. The monoisotopic (exact) mass is 428 g/mol. The maximum Gasteiger partial charge on any atom is 0.320 e. The molecule has 0 aliphatic carbocycles. The van der Waals surface area contributed by atoms with E-state index in [0.29, 0.717) is 24.3 Å². The van der Waals surface area contributed by atoms with Crippen LogP contribution < -0.4 is 0 Å². The van der Waals surface area contributed by atoms with Crippen molar-refractivity contribution in [2.45, 2.75) is 38.9 Å². The standard InChI is InChI=1S/C27H28N2O3/c1-20-11-13-23(14-12-20)26(30)24-9-4-16-28(24)15-3-8-21-6-2-7-22(18-21)19-29-17-5-10-25(29)27(31)32/h2-4,6-9,11-14,16,18,25H,5,10,15,17,19H2,1H3,(H,31,32)/b8-3+. The second-order valence-corrected chi connectivity index (χ2v) is 8.36. The van der Waals surface area contributed by atoms with E-state index < -0.39 is 5.97 Å². The third-order valence-electron chi connectivity index (χ3n) is 5.97. The van der Waals surface area contributed by atoms with Gasteiger partial charge in [-0.15, -0.1) is 0 Å². The van der Waals surface area contributed by atoms with E-state index in [-0.39, 0.29) is 11.8 Å². The molecule has 1 fully saturated rings. The molecule has 1 aromatic heterocycles. The van der Waals surface area contributed by atoms with Crippen molar-refractivity contribution in [2.24, 2.45) is 0 Å². The Morgan fingerprint density at radius 1 is 1.09 bits per heavy atom. The van der Waals surface area contributed by atoms with E-state index in [1.54, 1.807) is 0 Å². The lowest BCUT2D eigenvalue weighted by molar-refractivity contribution is -0.142. The molecule has 0 bridgehead atoms. The van der Waals surface area contributed by atoms with Gasteiger partial charge in [-0.3, -0.25) is 14.5 Å². The number of allylic oxidation sites excluding steroid dienone is 1. The van der Waals surface area contributed by atoms with Crippen LogP contribution in [-0.2, 0) is 17.9 Å². The van der Waals surface area contributed by atoms with Gasteiger partial charge in [0.1, 0.15) is 6.04 Å². The summed E-state index contributed by atoms with van der Waals surface area (Å²) >= 11 is 0. The second kappa shape index (κ2) is 9.79. The normalized spacial score (nSPS) is 16.6.